The van der Waals surface area contributed by atoms with Crippen LogP contribution in [0.5, 0.6) is 0 Å². The second-order valence-electron chi connectivity index (χ2n) is 6.77. The number of hydrogen-bond acceptors (Lipinski definition) is 2. The van der Waals surface area contributed by atoms with E-state index in [2.05, 4.69) is 6.92 Å². The van der Waals surface area contributed by atoms with Crippen molar-refractivity contribution in [3.05, 3.63) is 0 Å². The Kier molecular flexibility index (Phi) is 17.9. The van der Waals surface area contributed by atoms with Crippen LogP contribution in [0.25, 0.3) is 0 Å². The third-order valence-electron chi connectivity index (χ3n) is 4.31. The normalized spacial score (nSPS) is 12.3. The van der Waals surface area contributed by atoms with E-state index in [9.17, 15) is 4.79 Å². The summed E-state index contributed by atoms with van der Waals surface area (Å²) in [7, 11) is 0. The maximum atomic E-state index is 11.6. The summed E-state index contributed by atoms with van der Waals surface area (Å²) in [5, 5.41) is 0. The number of alkyl halides is 1. The molecular weight excluding hydrogens is 308 g/mol. The average molecular weight is 347 g/mol. The van der Waals surface area contributed by atoms with Gasteiger partial charge < -0.3 is 4.74 Å². The van der Waals surface area contributed by atoms with E-state index >= 15 is 0 Å². The van der Waals surface area contributed by atoms with Gasteiger partial charge in [-0.15, -0.1) is 11.6 Å². The second-order valence-corrected chi connectivity index (χ2v) is 7.15. The maximum absolute atomic E-state index is 11.6. The summed E-state index contributed by atoms with van der Waals surface area (Å²) in [6.07, 6.45) is 18.2. The number of halogens is 1. The number of hydrogen-bond donors (Lipinski definition) is 0. The fourth-order valence-corrected chi connectivity index (χ4v) is 2.99. The smallest absolute Gasteiger partial charge is 0.306 e. The topological polar surface area (TPSA) is 26.3 Å². The molecular formula is C20H39ClO2. The summed E-state index contributed by atoms with van der Waals surface area (Å²) in [4.78, 5) is 11.6. The molecule has 0 N–H and O–H groups in total. The molecule has 1 unspecified atom stereocenters. The number of carbonyl (C=O) groups excluding carboxylic acids is 1. The summed E-state index contributed by atoms with van der Waals surface area (Å²) >= 11 is 5.60. The molecule has 138 valence electrons. The Bertz CT molecular complexity index is 256. The zero-order valence-electron chi connectivity index (χ0n) is 15.6. The number of carbonyl (C=O) groups is 1. The van der Waals surface area contributed by atoms with Gasteiger partial charge in [0.05, 0.1) is 6.10 Å². The van der Waals surface area contributed by atoms with Gasteiger partial charge in [-0.2, -0.15) is 0 Å². The summed E-state index contributed by atoms with van der Waals surface area (Å²) in [6, 6.07) is 0. The quantitative estimate of drug-likeness (QED) is 0.160. The van der Waals surface area contributed by atoms with Gasteiger partial charge >= 0.3 is 5.97 Å². The third kappa shape index (κ3) is 17.9. The summed E-state index contributed by atoms with van der Waals surface area (Å²) in [6.45, 7) is 4.28. The van der Waals surface area contributed by atoms with E-state index in [4.69, 9.17) is 16.3 Å². The lowest BCUT2D eigenvalue weighted by atomic mass is 10.0. The fourth-order valence-electron chi connectivity index (χ4n) is 2.80. The predicted molar refractivity (Wildman–Crippen MR) is 101 cm³/mol. The van der Waals surface area contributed by atoms with Crippen LogP contribution >= 0.6 is 11.6 Å². The molecule has 0 aliphatic rings. The monoisotopic (exact) mass is 346 g/mol. The standard InChI is InChI=1S/C20H39ClO2/c1-3-4-5-6-7-8-9-10-11-12-13-16-19(2)23-20(22)17-14-15-18-21/h19H,3-18H2,1-2H3. The highest BCUT2D eigenvalue weighted by Crippen LogP contribution is 2.13. The van der Waals surface area contributed by atoms with Gasteiger partial charge in [0, 0.05) is 12.3 Å². The van der Waals surface area contributed by atoms with Crippen LogP contribution in [-0.4, -0.2) is 18.0 Å². The van der Waals surface area contributed by atoms with E-state index in [0.717, 1.165) is 19.3 Å². The van der Waals surface area contributed by atoms with Crippen molar-refractivity contribution in [1.82, 2.24) is 0 Å². The molecule has 0 aromatic heterocycles. The van der Waals surface area contributed by atoms with Gasteiger partial charge in [0.2, 0.25) is 0 Å². The molecule has 0 radical (unpaired) electrons. The minimum Gasteiger partial charge on any atom is -0.463 e. The second kappa shape index (κ2) is 18.1. The fraction of sp³-hybridized carbons (Fsp3) is 0.950. The Morgan fingerprint density at radius 2 is 1.35 bits per heavy atom. The van der Waals surface area contributed by atoms with Crippen molar-refractivity contribution in [1.29, 1.82) is 0 Å². The number of esters is 1. The van der Waals surface area contributed by atoms with E-state index in [-0.39, 0.29) is 12.1 Å². The third-order valence-corrected chi connectivity index (χ3v) is 4.58. The van der Waals surface area contributed by atoms with Crippen LogP contribution in [0, 0.1) is 0 Å². The average Bonchev–Trinajstić information content (AvgIpc) is 2.52. The minimum atomic E-state index is -0.0642. The summed E-state index contributed by atoms with van der Waals surface area (Å²) in [5.41, 5.74) is 0. The Morgan fingerprint density at radius 1 is 0.826 bits per heavy atom. The number of ether oxygens (including phenoxy) is 1. The first kappa shape index (κ1) is 22.8. The molecule has 0 bridgehead atoms. The van der Waals surface area contributed by atoms with Gasteiger partial charge in [0.25, 0.3) is 0 Å². The van der Waals surface area contributed by atoms with E-state index < -0.39 is 0 Å². The van der Waals surface area contributed by atoms with Crippen molar-refractivity contribution < 1.29 is 9.53 Å². The molecule has 0 aliphatic heterocycles. The summed E-state index contributed by atoms with van der Waals surface area (Å²) < 4.78 is 5.41. The molecule has 2 nitrogen and oxygen atoms in total. The predicted octanol–water partition coefficient (Wildman–Crippen LogP) is 7.03. The lowest BCUT2D eigenvalue weighted by molar-refractivity contribution is -0.148. The molecule has 0 aromatic carbocycles. The van der Waals surface area contributed by atoms with Crippen molar-refractivity contribution in [2.24, 2.45) is 0 Å². The molecule has 0 aromatic rings. The molecule has 0 saturated heterocycles. The molecule has 3 heteroatoms. The van der Waals surface area contributed by atoms with Gasteiger partial charge in [0.15, 0.2) is 0 Å². The van der Waals surface area contributed by atoms with Crippen LogP contribution in [0.1, 0.15) is 110 Å². The molecule has 0 spiro atoms. The molecule has 0 heterocycles. The molecule has 0 rings (SSSR count). The Balaban J connectivity index is 3.25. The van der Waals surface area contributed by atoms with Crippen LogP contribution in [0.2, 0.25) is 0 Å². The molecule has 1 atom stereocenters. The largest absolute Gasteiger partial charge is 0.463 e. The summed E-state index contributed by atoms with van der Waals surface area (Å²) in [5.74, 6) is 0.562. The van der Waals surface area contributed by atoms with Crippen LogP contribution in [-0.2, 0) is 9.53 Å². The first-order valence-corrected chi connectivity index (χ1v) is 10.5. The zero-order chi connectivity index (χ0) is 17.2. The SMILES string of the molecule is CCCCCCCCCCCCCC(C)OC(=O)CCCCCl. The lowest BCUT2D eigenvalue weighted by Gasteiger charge is -2.13. The highest BCUT2D eigenvalue weighted by molar-refractivity contribution is 6.17. The first-order chi connectivity index (χ1) is 11.2. The van der Waals surface area contributed by atoms with Crippen molar-refractivity contribution in [2.45, 2.75) is 116 Å². The van der Waals surface area contributed by atoms with Gasteiger partial charge in [-0.3, -0.25) is 4.79 Å². The molecule has 0 aliphatic carbocycles. The van der Waals surface area contributed by atoms with Gasteiger partial charge in [-0.1, -0.05) is 71.1 Å². The molecule has 0 fully saturated rings. The van der Waals surface area contributed by atoms with Crippen LogP contribution in [0.15, 0.2) is 0 Å². The van der Waals surface area contributed by atoms with Crippen molar-refractivity contribution >= 4 is 17.6 Å². The van der Waals surface area contributed by atoms with Crippen molar-refractivity contribution in [2.75, 3.05) is 5.88 Å². The van der Waals surface area contributed by atoms with Crippen molar-refractivity contribution in [3.63, 3.8) is 0 Å². The Labute approximate surface area is 149 Å². The highest BCUT2D eigenvalue weighted by Gasteiger charge is 2.08. The molecule has 0 saturated carbocycles. The highest BCUT2D eigenvalue weighted by atomic mass is 35.5. The van der Waals surface area contributed by atoms with Gasteiger partial charge in [-0.25, -0.2) is 0 Å². The van der Waals surface area contributed by atoms with E-state index in [1.807, 2.05) is 6.92 Å². The zero-order valence-corrected chi connectivity index (χ0v) is 16.3. The first-order valence-electron chi connectivity index (χ1n) is 9.96. The minimum absolute atomic E-state index is 0.0642. The van der Waals surface area contributed by atoms with E-state index in [0.29, 0.717) is 12.3 Å². The lowest BCUT2D eigenvalue weighted by Crippen LogP contribution is -2.14. The maximum Gasteiger partial charge on any atom is 0.306 e. The van der Waals surface area contributed by atoms with E-state index in [1.165, 1.54) is 70.6 Å². The molecule has 0 amide bonds. The van der Waals surface area contributed by atoms with E-state index in [1.54, 1.807) is 0 Å². The van der Waals surface area contributed by atoms with Crippen LogP contribution in [0.3, 0.4) is 0 Å². The van der Waals surface area contributed by atoms with Crippen LogP contribution in [0.4, 0.5) is 0 Å². The Hall–Kier alpha value is -0.240. The number of rotatable bonds is 17. The van der Waals surface area contributed by atoms with Crippen LogP contribution < -0.4 is 0 Å². The molecule has 23 heavy (non-hydrogen) atoms. The number of unbranched alkanes of at least 4 members (excludes halogenated alkanes) is 11. The van der Waals surface area contributed by atoms with Gasteiger partial charge in [0.1, 0.15) is 0 Å². The van der Waals surface area contributed by atoms with Crippen molar-refractivity contribution in [3.8, 4) is 0 Å². The van der Waals surface area contributed by atoms with Gasteiger partial charge in [-0.05, 0) is 32.6 Å². The Morgan fingerprint density at radius 3 is 1.87 bits per heavy atom.